The highest BCUT2D eigenvalue weighted by molar-refractivity contribution is 6.06. The van der Waals surface area contributed by atoms with Gasteiger partial charge >= 0.3 is 0 Å². The van der Waals surface area contributed by atoms with Gasteiger partial charge in [-0.3, -0.25) is 19.3 Å². The van der Waals surface area contributed by atoms with E-state index in [1.54, 1.807) is 36.1 Å². The normalized spacial score (nSPS) is 15.6. The predicted molar refractivity (Wildman–Crippen MR) is 127 cm³/mol. The van der Waals surface area contributed by atoms with Gasteiger partial charge in [-0.15, -0.1) is 0 Å². The van der Waals surface area contributed by atoms with E-state index in [9.17, 15) is 14.4 Å². The van der Waals surface area contributed by atoms with E-state index in [-0.39, 0.29) is 30.3 Å². The first kappa shape index (κ1) is 23.5. The molecule has 0 radical (unpaired) electrons. The molecule has 2 aromatic rings. The molecular weight excluding hydrogens is 402 g/mol. The van der Waals surface area contributed by atoms with Crippen molar-refractivity contribution in [3.05, 3.63) is 65.7 Å². The van der Waals surface area contributed by atoms with Gasteiger partial charge < -0.3 is 10.6 Å². The highest BCUT2D eigenvalue weighted by Crippen LogP contribution is 2.29. The molecule has 1 aliphatic carbocycles. The first-order valence-electron chi connectivity index (χ1n) is 11.4. The maximum atomic E-state index is 13.4. The quantitative estimate of drug-likeness (QED) is 0.658. The van der Waals surface area contributed by atoms with Crippen LogP contribution in [0.4, 0.5) is 5.69 Å². The number of carbonyl (C=O) groups excluding carboxylic acids is 3. The topological polar surface area (TPSA) is 78.5 Å². The molecule has 0 aliphatic heterocycles. The van der Waals surface area contributed by atoms with Gasteiger partial charge in [0.25, 0.3) is 5.91 Å². The maximum absolute atomic E-state index is 13.4. The van der Waals surface area contributed by atoms with E-state index in [2.05, 4.69) is 10.6 Å². The Labute approximate surface area is 190 Å². The van der Waals surface area contributed by atoms with Gasteiger partial charge in [0.2, 0.25) is 11.8 Å². The van der Waals surface area contributed by atoms with Crippen LogP contribution in [0.25, 0.3) is 0 Å². The number of amides is 3. The number of benzene rings is 2. The lowest BCUT2D eigenvalue weighted by Crippen LogP contribution is -2.61. The SMILES string of the molecule is CCC(C)(C(=O)NC1CCCC1)N(C(=O)CNC(=O)c1ccccc1)c1ccc(C)cc1. The molecule has 0 bridgehead atoms. The Hall–Kier alpha value is -3.15. The first-order valence-corrected chi connectivity index (χ1v) is 11.4. The van der Waals surface area contributed by atoms with Crippen LogP contribution in [0.2, 0.25) is 0 Å². The summed E-state index contributed by atoms with van der Waals surface area (Å²) in [4.78, 5) is 40.9. The summed E-state index contributed by atoms with van der Waals surface area (Å²) >= 11 is 0. The van der Waals surface area contributed by atoms with Crippen molar-refractivity contribution in [1.82, 2.24) is 10.6 Å². The third-order valence-corrected chi connectivity index (χ3v) is 6.34. The smallest absolute Gasteiger partial charge is 0.251 e. The summed E-state index contributed by atoms with van der Waals surface area (Å²) in [6.07, 6.45) is 4.60. The molecule has 0 spiro atoms. The van der Waals surface area contributed by atoms with E-state index in [1.807, 2.05) is 44.2 Å². The molecule has 2 aromatic carbocycles. The number of hydrogen-bond acceptors (Lipinski definition) is 3. The molecule has 6 heteroatoms. The van der Waals surface area contributed by atoms with E-state index in [0.29, 0.717) is 17.7 Å². The van der Waals surface area contributed by atoms with Crippen LogP contribution in [0.1, 0.15) is 61.9 Å². The van der Waals surface area contributed by atoms with Gasteiger partial charge in [0.05, 0.1) is 6.54 Å². The summed E-state index contributed by atoms with van der Waals surface area (Å²) in [5, 5.41) is 5.86. The number of carbonyl (C=O) groups is 3. The Morgan fingerprint density at radius 3 is 2.22 bits per heavy atom. The van der Waals surface area contributed by atoms with Crippen molar-refractivity contribution in [3.63, 3.8) is 0 Å². The minimum atomic E-state index is -1.08. The number of anilines is 1. The minimum Gasteiger partial charge on any atom is -0.351 e. The number of nitrogens with zero attached hydrogens (tertiary/aromatic N) is 1. The average molecular weight is 436 g/mol. The van der Waals surface area contributed by atoms with Crippen LogP contribution >= 0.6 is 0 Å². The maximum Gasteiger partial charge on any atom is 0.251 e. The fraction of sp³-hybridized carbons (Fsp3) is 0.423. The van der Waals surface area contributed by atoms with Crippen LogP contribution in [-0.4, -0.2) is 35.8 Å². The van der Waals surface area contributed by atoms with E-state index in [1.165, 1.54) is 0 Å². The van der Waals surface area contributed by atoms with E-state index < -0.39 is 5.54 Å². The lowest BCUT2D eigenvalue weighted by molar-refractivity contribution is -0.130. The van der Waals surface area contributed by atoms with Crippen LogP contribution < -0.4 is 15.5 Å². The van der Waals surface area contributed by atoms with E-state index in [0.717, 1.165) is 31.2 Å². The van der Waals surface area contributed by atoms with Crippen LogP contribution in [0.15, 0.2) is 54.6 Å². The number of hydrogen-bond donors (Lipinski definition) is 2. The van der Waals surface area contributed by atoms with Crippen LogP contribution in [0.5, 0.6) is 0 Å². The van der Waals surface area contributed by atoms with Crippen molar-refractivity contribution in [2.24, 2.45) is 0 Å². The molecule has 1 fully saturated rings. The summed E-state index contributed by atoms with van der Waals surface area (Å²) in [6, 6.07) is 16.5. The fourth-order valence-corrected chi connectivity index (χ4v) is 4.16. The lowest BCUT2D eigenvalue weighted by atomic mass is 9.93. The molecule has 1 atom stereocenters. The Kier molecular flexibility index (Phi) is 7.67. The second kappa shape index (κ2) is 10.4. The first-order chi connectivity index (χ1) is 15.3. The zero-order valence-corrected chi connectivity index (χ0v) is 19.2. The van der Waals surface area contributed by atoms with Crippen LogP contribution in [-0.2, 0) is 9.59 Å². The van der Waals surface area contributed by atoms with Gasteiger partial charge in [-0.2, -0.15) is 0 Å². The Morgan fingerprint density at radius 1 is 1.00 bits per heavy atom. The Bertz CT molecular complexity index is 937. The molecule has 0 aromatic heterocycles. The van der Waals surface area contributed by atoms with Gasteiger partial charge in [0.15, 0.2) is 0 Å². The monoisotopic (exact) mass is 435 g/mol. The van der Waals surface area contributed by atoms with Gasteiger partial charge in [-0.05, 0) is 57.4 Å². The molecule has 1 saturated carbocycles. The minimum absolute atomic E-state index is 0.154. The summed E-state index contributed by atoms with van der Waals surface area (Å²) in [5.74, 6) is -0.810. The molecule has 1 aliphatic rings. The highest BCUT2D eigenvalue weighted by atomic mass is 16.2. The molecule has 0 saturated heterocycles. The van der Waals surface area contributed by atoms with Crippen molar-refractivity contribution in [2.45, 2.75) is 64.5 Å². The molecule has 170 valence electrons. The number of nitrogens with one attached hydrogen (secondary N) is 2. The van der Waals surface area contributed by atoms with Crippen LogP contribution in [0, 0.1) is 6.92 Å². The summed E-state index contributed by atoms with van der Waals surface area (Å²) in [7, 11) is 0. The highest BCUT2D eigenvalue weighted by Gasteiger charge is 2.42. The van der Waals surface area contributed by atoms with Crippen molar-refractivity contribution in [1.29, 1.82) is 0 Å². The standard InChI is InChI=1S/C26H33N3O3/c1-4-26(3,25(32)28-21-12-8-9-13-21)29(22-16-14-19(2)15-17-22)23(30)18-27-24(31)20-10-6-5-7-11-20/h5-7,10-11,14-17,21H,4,8-9,12-13,18H2,1-3H3,(H,27,31)(H,28,32). The molecule has 2 N–H and O–H groups in total. The van der Waals surface area contributed by atoms with E-state index >= 15 is 0 Å². The van der Waals surface area contributed by atoms with Crippen molar-refractivity contribution < 1.29 is 14.4 Å². The van der Waals surface area contributed by atoms with Gasteiger partial charge in [-0.25, -0.2) is 0 Å². The van der Waals surface area contributed by atoms with Gasteiger partial charge in [-0.1, -0.05) is 55.7 Å². The Morgan fingerprint density at radius 2 is 1.62 bits per heavy atom. The predicted octanol–water partition coefficient (Wildman–Crippen LogP) is 3.99. The molecular formula is C26H33N3O3. The zero-order valence-electron chi connectivity index (χ0n) is 19.2. The Balaban J connectivity index is 1.84. The number of rotatable bonds is 8. The molecule has 1 unspecified atom stereocenters. The second-order valence-electron chi connectivity index (χ2n) is 8.70. The molecule has 3 rings (SSSR count). The molecule has 3 amide bonds. The van der Waals surface area contributed by atoms with Crippen molar-refractivity contribution in [2.75, 3.05) is 11.4 Å². The van der Waals surface area contributed by atoms with E-state index in [4.69, 9.17) is 0 Å². The molecule has 32 heavy (non-hydrogen) atoms. The largest absolute Gasteiger partial charge is 0.351 e. The lowest BCUT2D eigenvalue weighted by Gasteiger charge is -2.40. The summed E-state index contributed by atoms with van der Waals surface area (Å²) in [5.41, 5.74) is 1.11. The number of aryl methyl sites for hydroxylation is 1. The van der Waals surface area contributed by atoms with Crippen LogP contribution in [0.3, 0.4) is 0 Å². The molecule has 6 nitrogen and oxygen atoms in total. The van der Waals surface area contributed by atoms with Gasteiger partial charge in [0.1, 0.15) is 5.54 Å². The summed E-state index contributed by atoms with van der Waals surface area (Å²) < 4.78 is 0. The van der Waals surface area contributed by atoms with Gasteiger partial charge in [0, 0.05) is 17.3 Å². The fourth-order valence-electron chi connectivity index (χ4n) is 4.16. The molecule has 0 heterocycles. The zero-order chi connectivity index (χ0) is 23.1. The summed E-state index contributed by atoms with van der Waals surface area (Å²) in [6.45, 7) is 5.48. The van der Waals surface area contributed by atoms with Crippen molar-refractivity contribution in [3.8, 4) is 0 Å². The van der Waals surface area contributed by atoms with Crippen molar-refractivity contribution >= 4 is 23.4 Å². The third kappa shape index (κ3) is 5.36. The third-order valence-electron chi connectivity index (χ3n) is 6.34. The second-order valence-corrected chi connectivity index (χ2v) is 8.70. The average Bonchev–Trinajstić information content (AvgIpc) is 3.32.